The van der Waals surface area contributed by atoms with E-state index in [1.165, 1.54) is 0 Å². The highest BCUT2D eigenvalue weighted by Gasteiger charge is 2.21. The van der Waals surface area contributed by atoms with Gasteiger partial charge in [0, 0.05) is 17.5 Å². The van der Waals surface area contributed by atoms with Gasteiger partial charge in [0.15, 0.2) is 5.78 Å². The summed E-state index contributed by atoms with van der Waals surface area (Å²) in [5.41, 5.74) is 3.66. The minimum Gasteiger partial charge on any atom is -0.294 e. The van der Waals surface area contributed by atoms with Crippen LogP contribution in [0.3, 0.4) is 0 Å². The average Bonchev–Trinajstić information content (AvgIpc) is 2.78. The first-order chi connectivity index (χ1) is 14.7. The second kappa shape index (κ2) is 11.4. The molecule has 1 atom stereocenters. The van der Waals surface area contributed by atoms with Crippen molar-refractivity contribution in [2.75, 3.05) is 5.75 Å². The number of carbonyl (C=O) groups excluding carboxylic acids is 3. The van der Waals surface area contributed by atoms with Crippen LogP contribution in [0, 0.1) is 0 Å². The maximum atomic E-state index is 12.5. The fourth-order valence-corrected chi connectivity index (χ4v) is 4.12. The first-order valence-corrected chi connectivity index (χ1v) is 11.6. The molecule has 0 aromatic heterocycles. The number of ketones is 1. The van der Waals surface area contributed by atoms with Gasteiger partial charge in [0.1, 0.15) is 0 Å². The summed E-state index contributed by atoms with van der Waals surface area (Å²) in [5, 5.41) is 0. The lowest BCUT2D eigenvalue weighted by molar-refractivity contribution is -0.121. The lowest BCUT2D eigenvalue weighted by atomic mass is 9.97. The minimum atomic E-state index is -3.78. The Morgan fingerprint density at radius 2 is 1.52 bits per heavy atom. The summed E-state index contributed by atoms with van der Waals surface area (Å²) in [6.45, 7) is 1.60. The molecule has 0 bridgehead atoms. The number of hydrogen-bond acceptors (Lipinski definition) is 6. The van der Waals surface area contributed by atoms with Crippen LogP contribution < -0.4 is 16.0 Å². The van der Waals surface area contributed by atoms with Gasteiger partial charge in [-0.1, -0.05) is 61.0 Å². The van der Waals surface area contributed by atoms with Crippen LogP contribution in [0.1, 0.15) is 60.0 Å². The van der Waals surface area contributed by atoms with Gasteiger partial charge in [-0.2, -0.15) is 0 Å². The molecule has 0 fully saturated rings. The number of unbranched alkanes of at least 4 members (excludes halogenated alkanes) is 2. The molecule has 9 heteroatoms. The van der Waals surface area contributed by atoms with Crippen LogP contribution in [0.25, 0.3) is 0 Å². The van der Waals surface area contributed by atoms with Gasteiger partial charge in [-0.25, -0.2) is 14.3 Å². The Hall–Kier alpha value is -3.04. The first kappa shape index (κ1) is 24.2. The van der Waals surface area contributed by atoms with E-state index in [0.717, 1.165) is 0 Å². The molecule has 0 heterocycles. The number of sulfonamides is 1. The van der Waals surface area contributed by atoms with E-state index >= 15 is 0 Å². The number of hydrazine groups is 1. The maximum absolute atomic E-state index is 12.5. The third-order valence-electron chi connectivity index (χ3n) is 4.84. The average molecular weight is 446 g/mol. The van der Waals surface area contributed by atoms with E-state index in [4.69, 9.17) is 5.84 Å². The molecule has 0 aliphatic heterocycles. The molecule has 0 aliphatic rings. The van der Waals surface area contributed by atoms with E-state index in [1.807, 2.05) is 11.5 Å². The van der Waals surface area contributed by atoms with Crippen LogP contribution >= 0.6 is 0 Å². The van der Waals surface area contributed by atoms with Crippen molar-refractivity contribution < 1.29 is 22.8 Å². The fraction of sp³-hybridized carbons (Fsp3) is 0.318. The van der Waals surface area contributed by atoms with Crippen LogP contribution in [0.4, 0.5) is 0 Å². The molecular formula is C22H27N3O5S. The van der Waals surface area contributed by atoms with E-state index in [-0.39, 0.29) is 23.9 Å². The maximum Gasteiger partial charge on any atom is 0.240 e. The quantitative estimate of drug-likeness (QED) is 0.159. The van der Waals surface area contributed by atoms with Gasteiger partial charge in [0.2, 0.25) is 21.8 Å². The molecule has 0 spiro atoms. The van der Waals surface area contributed by atoms with Crippen molar-refractivity contribution in [3.63, 3.8) is 0 Å². The Morgan fingerprint density at radius 3 is 2.13 bits per heavy atom. The standard InChI is InChI=1S/C22H27N3O5S/c1-16(22(28)25-31(29,30)15-7-3-6-10-20(26)24-23)17-11-13-19(14-12-17)21(27)18-8-4-2-5-9-18/h2,4-5,8-9,11-14,16H,3,6-7,10,15,23H2,1H3,(H,24,26)(H,25,28). The molecule has 1 unspecified atom stereocenters. The predicted molar refractivity (Wildman–Crippen MR) is 117 cm³/mol. The largest absolute Gasteiger partial charge is 0.294 e. The van der Waals surface area contributed by atoms with E-state index in [2.05, 4.69) is 4.72 Å². The van der Waals surface area contributed by atoms with Gasteiger partial charge in [-0.05, 0) is 25.3 Å². The Balaban J connectivity index is 1.89. The Kier molecular flexibility index (Phi) is 8.89. The lowest BCUT2D eigenvalue weighted by Crippen LogP contribution is -2.35. The molecule has 0 saturated carbocycles. The number of nitrogens with one attached hydrogen (secondary N) is 2. The van der Waals surface area contributed by atoms with Crippen molar-refractivity contribution in [1.82, 2.24) is 10.1 Å². The number of carbonyl (C=O) groups is 3. The summed E-state index contributed by atoms with van der Waals surface area (Å²) < 4.78 is 26.4. The Morgan fingerprint density at radius 1 is 0.903 bits per heavy atom. The number of nitrogens with two attached hydrogens (primary N) is 1. The van der Waals surface area contributed by atoms with E-state index in [9.17, 15) is 22.8 Å². The van der Waals surface area contributed by atoms with Crippen molar-refractivity contribution in [3.05, 3.63) is 71.3 Å². The number of hydrogen-bond donors (Lipinski definition) is 3. The van der Waals surface area contributed by atoms with Crippen molar-refractivity contribution >= 4 is 27.6 Å². The van der Waals surface area contributed by atoms with Crippen molar-refractivity contribution in [2.24, 2.45) is 5.84 Å². The summed E-state index contributed by atoms with van der Waals surface area (Å²) in [7, 11) is -3.78. The molecule has 0 radical (unpaired) electrons. The predicted octanol–water partition coefficient (Wildman–Crippen LogP) is 2.02. The zero-order chi connectivity index (χ0) is 22.9. The van der Waals surface area contributed by atoms with E-state index < -0.39 is 21.8 Å². The van der Waals surface area contributed by atoms with Crippen LogP contribution in [0.2, 0.25) is 0 Å². The van der Waals surface area contributed by atoms with Gasteiger partial charge in [0.25, 0.3) is 0 Å². The summed E-state index contributed by atoms with van der Waals surface area (Å²) in [5.74, 6) is 3.00. The molecule has 31 heavy (non-hydrogen) atoms. The zero-order valence-corrected chi connectivity index (χ0v) is 18.2. The van der Waals surface area contributed by atoms with Gasteiger partial charge in [-0.15, -0.1) is 0 Å². The van der Waals surface area contributed by atoms with Crippen LogP contribution in [-0.2, 0) is 19.6 Å². The summed E-state index contributed by atoms with van der Waals surface area (Å²) in [6.07, 6.45) is 1.58. The second-order valence-corrected chi connectivity index (χ2v) is 9.04. The first-order valence-electron chi connectivity index (χ1n) is 9.97. The topological polar surface area (TPSA) is 135 Å². The molecule has 8 nitrogen and oxygen atoms in total. The van der Waals surface area contributed by atoms with Crippen molar-refractivity contribution in [2.45, 2.75) is 38.5 Å². The molecule has 0 saturated heterocycles. The van der Waals surface area contributed by atoms with Gasteiger partial charge < -0.3 is 0 Å². The monoisotopic (exact) mass is 445 g/mol. The van der Waals surface area contributed by atoms with Crippen LogP contribution in [0.5, 0.6) is 0 Å². The van der Waals surface area contributed by atoms with E-state index in [1.54, 1.807) is 55.5 Å². The third kappa shape index (κ3) is 7.62. The highest BCUT2D eigenvalue weighted by Crippen LogP contribution is 2.18. The number of benzene rings is 2. The van der Waals surface area contributed by atoms with E-state index in [0.29, 0.717) is 36.0 Å². The molecule has 4 N–H and O–H groups in total. The molecule has 2 aromatic carbocycles. The Bertz CT molecular complexity index is 1010. The highest BCUT2D eigenvalue weighted by atomic mass is 32.2. The molecule has 2 aromatic rings. The van der Waals surface area contributed by atoms with Gasteiger partial charge in [0.05, 0.1) is 11.7 Å². The number of amides is 2. The molecule has 166 valence electrons. The normalized spacial score (nSPS) is 12.1. The summed E-state index contributed by atoms with van der Waals surface area (Å²) in [6, 6.07) is 15.4. The molecule has 2 amide bonds. The van der Waals surface area contributed by atoms with Crippen molar-refractivity contribution in [3.8, 4) is 0 Å². The van der Waals surface area contributed by atoms with Gasteiger partial charge in [-0.3, -0.25) is 24.5 Å². The Labute approximate surface area is 182 Å². The summed E-state index contributed by atoms with van der Waals surface area (Å²) in [4.78, 5) is 35.9. The van der Waals surface area contributed by atoms with Gasteiger partial charge >= 0.3 is 0 Å². The van der Waals surface area contributed by atoms with Crippen molar-refractivity contribution in [1.29, 1.82) is 0 Å². The zero-order valence-electron chi connectivity index (χ0n) is 17.3. The van der Waals surface area contributed by atoms with Crippen LogP contribution in [0.15, 0.2) is 54.6 Å². The second-order valence-electron chi connectivity index (χ2n) is 7.20. The third-order valence-corrected chi connectivity index (χ3v) is 6.17. The fourth-order valence-electron chi connectivity index (χ4n) is 2.95. The molecule has 0 aliphatic carbocycles. The molecule has 2 rings (SSSR count). The lowest BCUT2D eigenvalue weighted by Gasteiger charge is -2.13. The SMILES string of the molecule is CC(C(=O)NS(=O)(=O)CCCCCC(=O)NN)c1ccc(C(=O)c2ccccc2)cc1. The van der Waals surface area contributed by atoms with Crippen LogP contribution in [-0.4, -0.2) is 31.8 Å². The minimum absolute atomic E-state index is 0.129. The smallest absolute Gasteiger partial charge is 0.240 e. The number of rotatable bonds is 11. The molecular weight excluding hydrogens is 418 g/mol. The highest BCUT2D eigenvalue weighted by molar-refractivity contribution is 7.90. The summed E-state index contributed by atoms with van der Waals surface area (Å²) >= 11 is 0.